The Kier molecular flexibility index (Phi) is 15.4. The third-order valence-electron chi connectivity index (χ3n) is 2.40. The third-order valence-corrected chi connectivity index (χ3v) is 2.40. The first-order valence-corrected chi connectivity index (χ1v) is 7.00. The van der Waals surface area contributed by atoms with Gasteiger partial charge in [0.2, 0.25) is 0 Å². The van der Waals surface area contributed by atoms with Gasteiger partial charge < -0.3 is 10.2 Å². The highest BCUT2D eigenvalue weighted by molar-refractivity contribution is 5.16. The minimum Gasteiger partial charge on any atom is -0.396 e. The molecular formula is C17H24O2. The number of rotatable bonds is 7. The fraction of sp³-hybridized carbons (Fsp3) is 0.647. The van der Waals surface area contributed by atoms with Gasteiger partial charge in [-0.1, -0.05) is 36.5 Å². The minimum absolute atomic E-state index is 0.204. The van der Waals surface area contributed by atoms with Crippen LogP contribution in [0.25, 0.3) is 0 Å². The number of hydrogen-bond donors (Lipinski definition) is 2. The molecule has 0 amide bonds. The maximum atomic E-state index is 8.61. The van der Waals surface area contributed by atoms with E-state index in [2.05, 4.69) is 35.5 Å². The lowest BCUT2D eigenvalue weighted by atomic mass is 10.1. The Balaban J connectivity index is 3.39. The van der Waals surface area contributed by atoms with Gasteiger partial charge in [0.1, 0.15) is 0 Å². The van der Waals surface area contributed by atoms with Gasteiger partial charge in [-0.3, -0.25) is 0 Å². The van der Waals surface area contributed by atoms with Crippen LogP contribution >= 0.6 is 0 Å². The van der Waals surface area contributed by atoms with E-state index in [9.17, 15) is 0 Å². The molecule has 0 rings (SSSR count). The quantitative estimate of drug-likeness (QED) is 0.545. The van der Waals surface area contributed by atoms with E-state index >= 15 is 0 Å². The molecule has 0 radical (unpaired) electrons. The van der Waals surface area contributed by atoms with Crippen molar-refractivity contribution in [2.75, 3.05) is 13.2 Å². The standard InChI is InChI=1S/C17H24O2/c18-16-14-12-10-8-6-4-2-1-3-5-7-9-11-13-15-17-19/h18-19H,1,6-8,10,12-17H2. The topological polar surface area (TPSA) is 40.5 Å². The SMILES string of the molecule is OCCCC#CCC#CCC#CCCCCCCO. The van der Waals surface area contributed by atoms with Gasteiger partial charge in [-0.15, -0.1) is 11.8 Å². The first-order chi connectivity index (χ1) is 9.41. The molecule has 2 N–H and O–H groups in total. The molecule has 0 aromatic carbocycles. The molecule has 0 unspecified atom stereocenters. The van der Waals surface area contributed by atoms with Crippen LogP contribution < -0.4 is 0 Å². The Morgan fingerprint density at radius 1 is 0.474 bits per heavy atom. The molecule has 0 fully saturated rings. The summed E-state index contributed by atoms with van der Waals surface area (Å²) in [6.45, 7) is 0.500. The number of unbranched alkanes of at least 4 members (excludes halogenated alkanes) is 5. The molecule has 0 aliphatic rings. The van der Waals surface area contributed by atoms with Crippen LogP contribution in [0.15, 0.2) is 0 Å². The summed E-state index contributed by atoms with van der Waals surface area (Å²) >= 11 is 0. The molecule has 0 bridgehead atoms. The molecule has 0 aliphatic carbocycles. The lowest BCUT2D eigenvalue weighted by Crippen LogP contribution is -1.82. The monoisotopic (exact) mass is 260 g/mol. The van der Waals surface area contributed by atoms with E-state index in [1.807, 2.05) is 0 Å². The van der Waals surface area contributed by atoms with Gasteiger partial charge in [0, 0.05) is 26.1 Å². The van der Waals surface area contributed by atoms with Gasteiger partial charge in [-0.2, -0.15) is 0 Å². The second kappa shape index (κ2) is 16.6. The molecule has 0 aromatic rings. The van der Waals surface area contributed by atoms with E-state index in [0.29, 0.717) is 19.4 Å². The molecule has 0 heterocycles. The molecule has 0 saturated carbocycles. The van der Waals surface area contributed by atoms with E-state index in [-0.39, 0.29) is 6.61 Å². The van der Waals surface area contributed by atoms with E-state index < -0.39 is 0 Å². The van der Waals surface area contributed by atoms with Crippen molar-refractivity contribution in [3.8, 4) is 35.5 Å². The normalized spacial score (nSPS) is 8.53. The summed E-state index contributed by atoms with van der Waals surface area (Å²) in [6, 6.07) is 0. The van der Waals surface area contributed by atoms with Crippen molar-refractivity contribution in [2.24, 2.45) is 0 Å². The lowest BCUT2D eigenvalue weighted by Gasteiger charge is -1.93. The summed E-state index contributed by atoms with van der Waals surface area (Å²) in [5, 5.41) is 17.2. The van der Waals surface area contributed by atoms with E-state index in [4.69, 9.17) is 10.2 Å². The predicted octanol–water partition coefficient (Wildman–Crippen LogP) is 2.49. The predicted molar refractivity (Wildman–Crippen MR) is 79.1 cm³/mol. The summed E-state index contributed by atoms with van der Waals surface area (Å²) in [5.41, 5.74) is 0. The maximum absolute atomic E-state index is 8.61. The van der Waals surface area contributed by atoms with Crippen LogP contribution in [0.1, 0.15) is 57.8 Å². The van der Waals surface area contributed by atoms with E-state index in [1.54, 1.807) is 0 Å². The molecule has 0 aliphatic heterocycles. The van der Waals surface area contributed by atoms with Crippen LogP contribution in [-0.2, 0) is 0 Å². The minimum atomic E-state index is 0.204. The molecular weight excluding hydrogens is 236 g/mol. The second-order valence-corrected chi connectivity index (χ2v) is 4.13. The highest BCUT2D eigenvalue weighted by atomic mass is 16.3. The van der Waals surface area contributed by atoms with Gasteiger partial charge in [0.15, 0.2) is 0 Å². The first kappa shape index (κ1) is 17.6. The van der Waals surface area contributed by atoms with Crippen molar-refractivity contribution in [3.63, 3.8) is 0 Å². The van der Waals surface area contributed by atoms with Gasteiger partial charge in [-0.25, -0.2) is 0 Å². The van der Waals surface area contributed by atoms with Gasteiger partial charge in [0.05, 0.1) is 12.8 Å². The summed E-state index contributed by atoms with van der Waals surface area (Å²) in [4.78, 5) is 0. The molecule has 0 atom stereocenters. The summed E-state index contributed by atoms with van der Waals surface area (Å²) in [7, 11) is 0. The van der Waals surface area contributed by atoms with Crippen LogP contribution in [0.3, 0.4) is 0 Å². The Hall–Kier alpha value is -1.40. The second-order valence-electron chi connectivity index (χ2n) is 4.13. The first-order valence-electron chi connectivity index (χ1n) is 7.00. The Bertz CT molecular complexity index is 365. The van der Waals surface area contributed by atoms with Crippen LogP contribution in [0.5, 0.6) is 0 Å². The molecule has 0 saturated heterocycles. The average molecular weight is 260 g/mol. The van der Waals surface area contributed by atoms with Crippen molar-refractivity contribution in [1.82, 2.24) is 0 Å². The zero-order valence-corrected chi connectivity index (χ0v) is 11.7. The molecule has 2 nitrogen and oxygen atoms in total. The molecule has 0 aromatic heterocycles. The third kappa shape index (κ3) is 16.6. The molecule has 19 heavy (non-hydrogen) atoms. The Labute approximate surface area is 117 Å². The molecule has 2 heteroatoms. The Morgan fingerprint density at radius 3 is 1.53 bits per heavy atom. The highest BCUT2D eigenvalue weighted by Gasteiger charge is 1.86. The average Bonchev–Trinajstić information content (AvgIpc) is 2.43. The van der Waals surface area contributed by atoms with Crippen LogP contribution in [0, 0.1) is 35.5 Å². The van der Waals surface area contributed by atoms with E-state index in [0.717, 1.165) is 44.9 Å². The van der Waals surface area contributed by atoms with Crippen molar-refractivity contribution in [1.29, 1.82) is 0 Å². The van der Waals surface area contributed by atoms with Crippen LogP contribution in [0.2, 0.25) is 0 Å². The maximum Gasteiger partial charge on any atom is 0.0702 e. The largest absolute Gasteiger partial charge is 0.396 e. The zero-order chi connectivity index (χ0) is 14.0. The van der Waals surface area contributed by atoms with Gasteiger partial charge in [0.25, 0.3) is 0 Å². The fourth-order valence-electron chi connectivity index (χ4n) is 1.36. The molecule has 104 valence electrons. The van der Waals surface area contributed by atoms with Gasteiger partial charge in [-0.05, 0) is 19.3 Å². The van der Waals surface area contributed by atoms with Crippen molar-refractivity contribution in [3.05, 3.63) is 0 Å². The summed E-state index contributed by atoms with van der Waals surface area (Å²) in [6.07, 6.45) is 7.86. The zero-order valence-electron chi connectivity index (χ0n) is 11.7. The lowest BCUT2D eigenvalue weighted by molar-refractivity contribution is 0.282. The van der Waals surface area contributed by atoms with Crippen molar-refractivity contribution in [2.45, 2.75) is 57.8 Å². The van der Waals surface area contributed by atoms with Crippen molar-refractivity contribution >= 4 is 0 Å². The number of hydrogen-bond acceptors (Lipinski definition) is 2. The smallest absolute Gasteiger partial charge is 0.0702 e. The highest BCUT2D eigenvalue weighted by Crippen LogP contribution is 2.01. The van der Waals surface area contributed by atoms with Crippen LogP contribution in [0.4, 0.5) is 0 Å². The number of aliphatic hydroxyl groups excluding tert-OH is 2. The van der Waals surface area contributed by atoms with Crippen LogP contribution in [-0.4, -0.2) is 23.4 Å². The van der Waals surface area contributed by atoms with Crippen molar-refractivity contribution < 1.29 is 10.2 Å². The van der Waals surface area contributed by atoms with E-state index in [1.165, 1.54) is 0 Å². The van der Waals surface area contributed by atoms with Gasteiger partial charge >= 0.3 is 0 Å². The number of aliphatic hydroxyl groups is 2. The summed E-state index contributed by atoms with van der Waals surface area (Å²) in [5.74, 6) is 18.0. The fourth-order valence-corrected chi connectivity index (χ4v) is 1.36. The molecule has 0 spiro atoms. The summed E-state index contributed by atoms with van der Waals surface area (Å²) < 4.78 is 0. The Morgan fingerprint density at radius 2 is 0.947 bits per heavy atom.